The fourth-order valence-corrected chi connectivity index (χ4v) is 15.1. The third-order valence-corrected chi connectivity index (χ3v) is 19.7. The molecule has 0 unspecified atom stereocenters. The topological polar surface area (TPSA) is 14.7 Å². The van der Waals surface area contributed by atoms with E-state index in [1.54, 1.807) is 0 Å². The Hall–Kier alpha value is -11.7. The summed E-state index contributed by atoms with van der Waals surface area (Å²) in [5.74, 6) is 0. The normalized spacial score (nSPS) is 13.3. The summed E-state index contributed by atoms with van der Waals surface area (Å²) in [7, 11) is 0. The monoisotopic (exact) mass is 1250 g/mol. The average Bonchev–Trinajstić information content (AvgIpc) is 1.67. The zero-order valence-electron chi connectivity index (χ0n) is 60.2. The molecule has 0 saturated heterocycles. The lowest BCUT2D eigenvalue weighted by Crippen LogP contribution is -2.61. The summed E-state index contributed by atoms with van der Waals surface area (Å²) < 4.78 is 48.8. The molecule has 2 aliphatic heterocycles. The molecule has 0 N–H and O–H groups in total. The minimum Gasteiger partial charge on any atom is -0.310 e. The van der Waals surface area contributed by atoms with Crippen molar-refractivity contribution in [3.63, 3.8) is 0 Å². The summed E-state index contributed by atoms with van der Waals surface area (Å²) >= 11 is 0. The van der Waals surface area contributed by atoms with Gasteiger partial charge in [0.2, 0.25) is 0 Å². The number of hydrogen-bond acceptors (Lipinski definition) is 3. The van der Waals surface area contributed by atoms with Crippen molar-refractivity contribution in [2.24, 2.45) is 0 Å². The van der Waals surface area contributed by atoms with Crippen LogP contribution >= 0.6 is 0 Å². The minimum absolute atomic E-state index is 0.130. The second-order valence-electron chi connectivity index (χ2n) is 27.7. The smallest absolute Gasteiger partial charge is 0.252 e. The van der Waals surface area contributed by atoms with Crippen LogP contribution in [0.3, 0.4) is 0 Å². The van der Waals surface area contributed by atoms with Gasteiger partial charge in [0, 0.05) is 72.8 Å². The number of rotatable bonds is 11. The zero-order chi connectivity index (χ0) is 69.9. The first-order valence-corrected chi connectivity index (χ1v) is 33.6. The van der Waals surface area contributed by atoms with Crippen LogP contribution in [0.25, 0.3) is 83.1 Å². The largest absolute Gasteiger partial charge is 0.310 e. The molecule has 14 aromatic carbocycles. The summed E-state index contributed by atoms with van der Waals surface area (Å²) in [6, 6.07) is 108. The first kappa shape index (κ1) is 53.7. The predicted molar refractivity (Wildman–Crippen MR) is 414 cm³/mol. The molecule has 0 saturated carbocycles. The molecule has 0 radical (unpaired) electrons. The summed E-state index contributed by atoms with van der Waals surface area (Å²) in [5, 5.41) is 2.32. The van der Waals surface area contributed by atoms with Crippen LogP contribution in [0.4, 0.5) is 51.2 Å². The Morgan fingerprint density at radius 1 is 0.320 bits per heavy atom. The highest BCUT2D eigenvalue weighted by Gasteiger charge is 2.46. The van der Waals surface area contributed by atoms with Crippen molar-refractivity contribution in [1.82, 2.24) is 4.57 Å². The van der Waals surface area contributed by atoms with Gasteiger partial charge in [-0.25, -0.2) is 0 Å². The van der Waals surface area contributed by atoms with Crippen LogP contribution in [0.2, 0.25) is 0 Å². The molecule has 1 aromatic heterocycles. The van der Waals surface area contributed by atoms with E-state index < -0.39 is 12.8 Å². The Morgan fingerprint density at radius 2 is 0.711 bits per heavy atom. The van der Waals surface area contributed by atoms with Crippen LogP contribution in [0, 0.1) is 0 Å². The first-order chi connectivity index (χ1) is 49.5. The van der Waals surface area contributed by atoms with Gasteiger partial charge in [-0.1, -0.05) is 296 Å². The number of benzene rings is 14. The van der Waals surface area contributed by atoms with Gasteiger partial charge in [0.05, 0.1) is 34.9 Å². The molecule has 5 heteroatoms. The molecule has 0 aliphatic carbocycles. The Bertz CT molecular complexity index is 5540. The minimum atomic E-state index is -0.457. The van der Waals surface area contributed by atoms with Gasteiger partial charge in [-0.3, -0.25) is 0 Å². The van der Waals surface area contributed by atoms with Gasteiger partial charge in [0.15, 0.2) is 0 Å². The van der Waals surface area contributed by atoms with Gasteiger partial charge in [0.1, 0.15) is 0 Å². The molecule has 2 aliphatic rings. The summed E-state index contributed by atoms with van der Waals surface area (Å²) in [5.41, 5.74) is 25.8. The second-order valence-corrected chi connectivity index (χ2v) is 27.7. The van der Waals surface area contributed by atoms with Crippen LogP contribution in [-0.4, -0.2) is 11.3 Å². The van der Waals surface area contributed by atoms with Crippen molar-refractivity contribution in [3.05, 3.63) is 345 Å². The fourth-order valence-electron chi connectivity index (χ4n) is 15.1. The second kappa shape index (κ2) is 23.7. The lowest BCUT2D eigenvalue weighted by atomic mass is 9.33. The molecule has 0 atom stereocenters. The maximum Gasteiger partial charge on any atom is 0.252 e. The average molecular weight is 1250 g/mol. The van der Waals surface area contributed by atoms with Gasteiger partial charge >= 0.3 is 0 Å². The first-order valence-electron chi connectivity index (χ1n) is 36.1. The number of anilines is 9. The molecule has 0 amide bonds. The summed E-state index contributed by atoms with van der Waals surface area (Å²) in [6.45, 7) is 13.3. The van der Waals surface area contributed by atoms with Crippen LogP contribution in [0.1, 0.15) is 59.5 Å². The molecule has 0 spiro atoms. The molecule has 17 rings (SSSR count). The van der Waals surface area contributed by atoms with E-state index in [4.69, 9.17) is 4.11 Å². The lowest BCUT2D eigenvalue weighted by molar-refractivity contribution is 0.590. The van der Waals surface area contributed by atoms with Gasteiger partial charge in [-0.15, -0.1) is 0 Å². The van der Waals surface area contributed by atoms with Crippen LogP contribution in [-0.2, 0) is 10.8 Å². The van der Waals surface area contributed by atoms with Crippen molar-refractivity contribution in [2.75, 3.05) is 14.7 Å². The zero-order valence-corrected chi connectivity index (χ0v) is 55.2. The SMILES string of the molecule is [2H]c1c([2H])c([2H])c(-c2ccc3c(c2)N(c2c(-c4ccccc4)cccc2-c2ccccc2)c2cc(-n4c5ccc(C(C)(C)C)cc5c5cc(C(C)(C)C)ccc54)cc4c2B3c2ccc(N(c3ccccc3)c3ccccc3)cc2N4c2c(-c3ccccc3)cccc2-c2ccccc2)c([2H])c1[2H]. The van der Waals surface area contributed by atoms with Gasteiger partial charge < -0.3 is 19.3 Å². The van der Waals surface area contributed by atoms with Crippen molar-refractivity contribution in [1.29, 1.82) is 0 Å². The Morgan fingerprint density at radius 3 is 1.12 bits per heavy atom. The van der Waals surface area contributed by atoms with Gasteiger partial charge in [-0.2, -0.15) is 0 Å². The van der Waals surface area contributed by atoms with E-state index in [0.717, 1.165) is 140 Å². The number of para-hydroxylation sites is 4. The van der Waals surface area contributed by atoms with E-state index in [2.05, 4.69) is 358 Å². The summed E-state index contributed by atoms with van der Waals surface area (Å²) in [6.07, 6.45) is 0. The number of nitrogens with zero attached hydrogens (tertiary/aromatic N) is 4. The molecular weight excluding hydrogens is 1170 g/mol. The molecule has 0 bridgehead atoms. The standard InChI is InChI=1S/C92H73BN4/c1-91(2,3)68-49-54-82-78(57-68)79-58-69(92(4,5)6)50-55-83(79)95(82)73-60-86-88-87(61-73)97(90-76(65-36-20-10-21-37-65)46-29-47-77(90)66-38-22-11-23-39-66)85-59-72(94(70-40-24-12-25-41-70)71-42-26-13-27-43-71)51-53-81(85)93(88)80-52-48-67(62-30-14-7-15-31-62)56-84(80)96(86)89-74(63-32-16-8-17-33-63)44-28-45-75(89)64-34-18-9-19-35-64/h7-61H,1-6H3/i7D,14D,15D,30D,31D. The molecule has 4 nitrogen and oxygen atoms in total. The molecular formula is C92H73BN4. The van der Waals surface area contributed by atoms with E-state index >= 15 is 0 Å². The fraction of sp³-hybridized carbons (Fsp3) is 0.0870. The van der Waals surface area contributed by atoms with E-state index in [1.165, 1.54) is 11.1 Å². The quantitative estimate of drug-likeness (QED) is 0.120. The van der Waals surface area contributed by atoms with Crippen molar-refractivity contribution in [3.8, 4) is 61.3 Å². The van der Waals surface area contributed by atoms with Gasteiger partial charge in [-0.05, 0) is 151 Å². The molecule has 3 heterocycles. The van der Waals surface area contributed by atoms with Crippen LogP contribution < -0.4 is 31.1 Å². The van der Waals surface area contributed by atoms with Crippen LogP contribution in [0.15, 0.2) is 334 Å². The predicted octanol–water partition coefficient (Wildman–Crippen LogP) is 23.3. The number of hydrogen-bond donors (Lipinski definition) is 0. The van der Waals surface area contributed by atoms with Gasteiger partial charge in [0.25, 0.3) is 6.71 Å². The van der Waals surface area contributed by atoms with E-state index in [9.17, 15) is 2.74 Å². The highest BCUT2D eigenvalue weighted by Crippen LogP contribution is 2.55. The Balaban J connectivity index is 1.09. The van der Waals surface area contributed by atoms with Crippen molar-refractivity contribution in [2.45, 2.75) is 52.4 Å². The maximum absolute atomic E-state index is 9.63. The third-order valence-electron chi connectivity index (χ3n) is 19.7. The maximum atomic E-state index is 9.63. The Labute approximate surface area is 577 Å². The highest BCUT2D eigenvalue weighted by molar-refractivity contribution is 7.00. The van der Waals surface area contributed by atoms with E-state index in [0.29, 0.717) is 5.56 Å². The number of fused-ring (bicyclic) bond motifs is 7. The third kappa shape index (κ3) is 10.2. The molecule has 97 heavy (non-hydrogen) atoms. The number of aromatic nitrogens is 1. The Kier molecular flexibility index (Phi) is 13.1. The van der Waals surface area contributed by atoms with Crippen molar-refractivity contribution < 1.29 is 6.85 Å². The molecule has 15 aromatic rings. The molecule has 464 valence electrons. The highest BCUT2D eigenvalue weighted by atomic mass is 15.2. The van der Waals surface area contributed by atoms with E-state index in [1.807, 2.05) is 6.07 Å². The van der Waals surface area contributed by atoms with Crippen molar-refractivity contribution >= 4 is 96.1 Å². The van der Waals surface area contributed by atoms with Crippen LogP contribution in [0.5, 0.6) is 0 Å². The molecule has 0 fully saturated rings. The summed E-state index contributed by atoms with van der Waals surface area (Å²) in [4.78, 5) is 7.40. The van der Waals surface area contributed by atoms with E-state index in [-0.39, 0.29) is 40.6 Å². The lowest BCUT2D eigenvalue weighted by Gasteiger charge is -2.46.